The molecule has 0 saturated heterocycles. The number of hydrogen-bond donors (Lipinski definition) is 1. The lowest BCUT2D eigenvalue weighted by atomic mass is 9.48. The van der Waals surface area contributed by atoms with Crippen molar-refractivity contribution in [3.8, 4) is 11.4 Å². The van der Waals surface area contributed by atoms with Crippen LogP contribution in [0.1, 0.15) is 138 Å². The standard InChI is InChI=1S/C50H50N2.C18H14N2.C17H22/c1-2-6-41(7-3-1)52-47-9-5-4-8-45(47)46-19-18-44(26-48(46)52)51(42-14-10-39(11-15-42)49-27-33-20-34(28-49)22-35(21-33)29-49)43-16-12-40(13-17-43)50-30-36-23-37(31-50)25-38(24-36)32-50;19-13-10-11-16-15-8-4-5-9-17(15)20(18(16)12-13)14-6-2-1-3-7-14;1-12-2-4-16(5-3-12)17-9-13-6-14(10-17)8-15(7-13)11-17/h1-19,26,33-38H,20-25,27-32H2;1-12H,19H2;2-5,13-15H,6-11H2,1H3. The van der Waals surface area contributed by atoms with Gasteiger partial charge in [-0.15, -0.1) is 0 Å². The average molecular weight is 1160 g/mol. The van der Waals surface area contributed by atoms with E-state index in [-0.39, 0.29) is 0 Å². The van der Waals surface area contributed by atoms with Crippen molar-refractivity contribution in [2.24, 2.45) is 53.3 Å². The number of nitrogen functional groups attached to an aromatic ring is 1. The van der Waals surface area contributed by atoms with Crippen molar-refractivity contribution in [2.45, 2.75) is 139 Å². The Labute approximate surface area is 527 Å². The van der Waals surface area contributed by atoms with Gasteiger partial charge in [0.2, 0.25) is 0 Å². The van der Waals surface area contributed by atoms with Gasteiger partial charge in [-0.1, -0.05) is 139 Å². The first kappa shape index (κ1) is 54.1. The van der Waals surface area contributed by atoms with Crippen LogP contribution in [0.4, 0.5) is 22.7 Å². The van der Waals surface area contributed by atoms with Crippen LogP contribution in [0.25, 0.3) is 55.0 Å². The molecule has 0 aliphatic heterocycles. The Morgan fingerprint density at radius 2 is 0.607 bits per heavy atom. The van der Waals surface area contributed by atoms with Gasteiger partial charge in [-0.3, -0.25) is 0 Å². The van der Waals surface area contributed by atoms with Crippen LogP contribution >= 0.6 is 0 Å². The SMILES string of the molecule is Cc1ccc(C23CC4CC(CC(C4)C2)C3)cc1.Nc1ccc2c3ccccc3n(-c3ccccc3)c2c1.c1ccc(-n2c3ccccc3c3ccc(N(c4ccc(C56CC7CC(CC(C7)C5)C6)cc4)c4ccc(C56CC7CC(CC(C7)C5)C6)cc4)cc32)cc1. The quantitative estimate of drug-likeness (QED) is 0.154. The van der Waals surface area contributed by atoms with Gasteiger partial charge in [0.1, 0.15) is 0 Å². The number of aromatic nitrogens is 2. The predicted molar refractivity (Wildman–Crippen MR) is 371 cm³/mol. The monoisotopic (exact) mass is 1160 g/mol. The molecule has 2 N–H and O–H groups in total. The molecule has 0 radical (unpaired) electrons. The van der Waals surface area contributed by atoms with Crippen LogP contribution in [0.15, 0.2) is 218 Å². The van der Waals surface area contributed by atoms with Crippen molar-refractivity contribution < 1.29 is 0 Å². The highest BCUT2D eigenvalue weighted by Gasteiger charge is 2.54. The summed E-state index contributed by atoms with van der Waals surface area (Å²) in [4.78, 5) is 2.54. The number of hydrogen-bond acceptors (Lipinski definition) is 2. The van der Waals surface area contributed by atoms with Gasteiger partial charge in [-0.05, 0) is 294 Å². The molecule has 12 fully saturated rings. The smallest absolute Gasteiger partial charge is 0.0561 e. The number of fused-ring (bicyclic) bond motifs is 6. The molecule has 9 aromatic carbocycles. The summed E-state index contributed by atoms with van der Waals surface area (Å²) in [6.45, 7) is 2.20. The Morgan fingerprint density at radius 1 is 0.303 bits per heavy atom. The highest BCUT2D eigenvalue weighted by atomic mass is 15.1. The maximum Gasteiger partial charge on any atom is 0.0561 e. The summed E-state index contributed by atoms with van der Waals surface area (Å²) >= 11 is 0. The first-order chi connectivity index (χ1) is 43.7. The van der Waals surface area contributed by atoms with E-state index in [2.05, 4.69) is 221 Å². The summed E-state index contributed by atoms with van der Waals surface area (Å²) in [5.41, 5.74) is 25.4. The largest absolute Gasteiger partial charge is 0.399 e. The fraction of sp³-hybridized carbons (Fsp3) is 0.365. The fourth-order valence-corrected chi connectivity index (χ4v) is 22.5. The van der Waals surface area contributed by atoms with E-state index >= 15 is 0 Å². The van der Waals surface area contributed by atoms with E-state index in [1.807, 2.05) is 18.2 Å². The first-order valence-corrected chi connectivity index (χ1v) is 34.7. The lowest BCUT2D eigenvalue weighted by Gasteiger charge is -2.57. The minimum atomic E-state index is 0.410. The van der Waals surface area contributed by atoms with Gasteiger partial charge in [0.15, 0.2) is 0 Å². The third-order valence-corrected chi connectivity index (χ3v) is 24.9. The zero-order valence-corrected chi connectivity index (χ0v) is 52.1. The van der Waals surface area contributed by atoms with Gasteiger partial charge in [-0.25, -0.2) is 0 Å². The highest BCUT2D eigenvalue weighted by Crippen LogP contribution is 2.64. The maximum absolute atomic E-state index is 5.98. The van der Waals surface area contributed by atoms with Crippen molar-refractivity contribution in [1.29, 1.82) is 0 Å². The Bertz CT molecular complexity index is 4240. The molecule has 0 amide bonds. The van der Waals surface area contributed by atoms with Gasteiger partial charge in [0, 0.05) is 55.7 Å². The molecule has 0 spiro atoms. The highest BCUT2D eigenvalue weighted by molar-refractivity contribution is 6.11. The van der Waals surface area contributed by atoms with Gasteiger partial charge in [0.25, 0.3) is 0 Å². The zero-order valence-electron chi connectivity index (χ0n) is 52.1. The molecule has 0 atom stereocenters. The van der Waals surface area contributed by atoms with E-state index in [0.717, 1.165) is 70.2 Å². The van der Waals surface area contributed by atoms with Crippen LogP contribution in [0.5, 0.6) is 0 Å². The lowest BCUT2D eigenvalue weighted by Crippen LogP contribution is -2.48. The molecular weight excluding hydrogens is 1080 g/mol. The van der Waals surface area contributed by atoms with Crippen LogP contribution in [-0.4, -0.2) is 9.13 Å². The van der Waals surface area contributed by atoms with Gasteiger partial charge < -0.3 is 19.8 Å². The Hall–Kier alpha value is -7.82. The third kappa shape index (κ3) is 9.33. The van der Waals surface area contributed by atoms with E-state index in [1.165, 1.54) is 163 Å². The summed E-state index contributed by atoms with van der Waals surface area (Å²) in [5, 5.41) is 5.10. The van der Waals surface area contributed by atoms with E-state index < -0.39 is 0 Å². The minimum Gasteiger partial charge on any atom is -0.399 e. The number of para-hydroxylation sites is 4. The molecule has 12 aliphatic carbocycles. The molecule has 2 heterocycles. The Balaban J connectivity index is 0.000000129. The molecule has 12 saturated carbocycles. The van der Waals surface area contributed by atoms with Crippen molar-refractivity contribution in [1.82, 2.24) is 9.13 Å². The van der Waals surface area contributed by atoms with Gasteiger partial charge in [0.05, 0.1) is 22.1 Å². The molecule has 446 valence electrons. The van der Waals surface area contributed by atoms with Gasteiger partial charge in [-0.2, -0.15) is 0 Å². The molecule has 2 aromatic heterocycles. The van der Waals surface area contributed by atoms with Crippen molar-refractivity contribution in [3.05, 3.63) is 241 Å². The Kier molecular flexibility index (Phi) is 12.9. The molecule has 4 heteroatoms. The summed E-state index contributed by atoms with van der Waals surface area (Å²) in [5.74, 6) is 8.91. The summed E-state index contributed by atoms with van der Waals surface area (Å²) in [7, 11) is 0. The molecule has 0 unspecified atom stereocenters. The van der Waals surface area contributed by atoms with Crippen molar-refractivity contribution >= 4 is 66.4 Å². The van der Waals surface area contributed by atoms with Crippen LogP contribution in [-0.2, 0) is 16.2 Å². The number of aryl methyl sites for hydroxylation is 1. The van der Waals surface area contributed by atoms with Crippen LogP contribution in [0.3, 0.4) is 0 Å². The third-order valence-electron chi connectivity index (χ3n) is 24.9. The second-order valence-corrected chi connectivity index (χ2v) is 30.7. The van der Waals surface area contributed by atoms with Crippen LogP contribution in [0, 0.1) is 60.2 Å². The number of rotatable bonds is 8. The second kappa shape index (κ2) is 21.1. The summed E-state index contributed by atoms with van der Waals surface area (Å²) in [6.07, 6.45) is 26.5. The molecular formula is C85H86N4. The first-order valence-electron chi connectivity index (χ1n) is 34.7. The maximum atomic E-state index is 5.98. The number of nitrogens with zero attached hydrogens (tertiary/aromatic N) is 3. The fourth-order valence-electron chi connectivity index (χ4n) is 22.5. The zero-order chi connectivity index (χ0) is 59.0. The molecule has 89 heavy (non-hydrogen) atoms. The predicted octanol–water partition coefficient (Wildman–Crippen LogP) is 22.0. The lowest BCUT2D eigenvalue weighted by molar-refractivity contribution is -0.00531. The molecule has 11 aromatic rings. The molecule has 12 aliphatic rings. The van der Waals surface area contributed by atoms with Crippen LogP contribution in [0.2, 0.25) is 0 Å². The second-order valence-electron chi connectivity index (χ2n) is 30.7. The molecule has 12 bridgehead atoms. The molecule has 23 rings (SSSR count). The number of nitrogens with two attached hydrogens (primary N) is 1. The van der Waals surface area contributed by atoms with E-state index in [9.17, 15) is 0 Å². The van der Waals surface area contributed by atoms with Gasteiger partial charge >= 0.3 is 0 Å². The average Bonchev–Trinajstić information content (AvgIpc) is 1.89. The van der Waals surface area contributed by atoms with E-state index in [1.54, 1.807) is 36.0 Å². The Morgan fingerprint density at radius 3 is 0.989 bits per heavy atom. The molecule has 4 nitrogen and oxygen atoms in total. The topological polar surface area (TPSA) is 39.1 Å². The summed E-state index contributed by atoms with van der Waals surface area (Å²) < 4.78 is 4.72. The summed E-state index contributed by atoms with van der Waals surface area (Å²) in [6, 6.07) is 81.3. The van der Waals surface area contributed by atoms with E-state index in [0.29, 0.717) is 16.2 Å². The number of anilines is 4. The minimum absolute atomic E-state index is 0.410. The van der Waals surface area contributed by atoms with Crippen molar-refractivity contribution in [2.75, 3.05) is 10.6 Å². The van der Waals surface area contributed by atoms with Crippen LogP contribution < -0.4 is 10.6 Å². The number of benzene rings is 9. The van der Waals surface area contributed by atoms with Crippen molar-refractivity contribution in [3.63, 3.8) is 0 Å². The van der Waals surface area contributed by atoms with E-state index in [4.69, 9.17) is 5.73 Å². The normalized spacial score (nSPS) is 29.8.